The van der Waals surface area contributed by atoms with Gasteiger partial charge in [-0.3, -0.25) is 14.9 Å². The molecule has 0 aliphatic carbocycles. The number of hydrogen-bond donors (Lipinski definition) is 2. The number of esters is 1. The van der Waals surface area contributed by atoms with Gasteiger partial charge in [0.25, 0.3) is 11.5 Å². The number of ether oxygens (including phenoxy) is 1. The molecule has 0 unspecified atom stereocenters. The molecule has 1 atom stereocenters. The van der Waals surface area contributed by atoms with Gasteiger partial charge < -0.3 is 14.6 Å². The van der Waals surface area contributed by atoms with Crippen LogP contribution in [0.5, 0.6) is 0 Å². The normalized spacial score (nSPS) is 11.9. The maximum absolute atomic E-state index is 12.4. The average molecular weight is 388 g/mol. The molecule has 28 heavy (non-hydrogen) atoms. The molecule has 2 rings (SSSR count). The second-order valence-electron chi connectivity index (χ2n) is 6.62. The zero-order valence-corrected chi connectivity index (χ0v) is 16.5. The van der Waals surface area contributed by atoms with Gasteiger partial charge in [0.2, 0.25) is 0 Å². The summed E-state index contributed by atoms with van der Waals surface area (Å²) in [5, 5.41) is 4.62. The highest BCUT2D eigenvalue weighted by atomic mass is 16.5. The van der Waals surface area contributed by atoms with Gasteiger partial charge in [-0.05, 0) is 52.8 Å². The van der Waals surface area contributed by atoms with Crippen molar-refractivity contribution in [2.24, 2.45) is 0 Å². The van der Waals surface area contributed by atoms with Crippen molar-refractivity contribution in [2.45, 2.75) is 53.3 Å². The zero-order valence-electron chi connectivity index (χ0n) is 16.5. The molecule has 0 bridgehead atoms. The third-order valence-electron chi connectivity index (χ3n) is 3.97. The standard InChI is InChI=1S/C19H24N4O5/c1-6-23-15-8-7-13(9-14(15)21-11(4)17(23)25)18(26)28-12(5)16(24)22-19(27)20-10(2)3/h7-10,12H,6H2,1-5H3,(H2,20,22,24,27)/t12-/m0/s1. The summed E-state index contributed by atoms with van der Waals surface area (Å²) in [6, 6.07) is 3.82. The number of fused-ring (bicyclic) bond motifs is 1. The fraction of sp³-hybridized carbons (Fsp3) is 0.421. The Labute approximate surface area is 162 Å². The Balaban J connectivity index is 2.17. The first-order valence-electron chi connectivity index (χ1n) is 8.97. The number of nitrogens with one attached hydrogen (secondary N) is 2. The highest BCUT2D eigenvalue weighted by Crippen LogP contribution is 2.15. The molecular formula is C19H24N4O5. The van der Waals surface area contributed by atoms with Crippen molar-refractivity contribution in [3.63, 3.8) is 0 Å². The topological polar surface area (TPSA) is 119 Å². The minimum absolute atomic E-state index is 0.139. The van der Waals surface area contributed by atoms with Gasteiger partial charge in [-0.2, -0.15) is 0 Å². The Morgan fingerprint density at radius 2 is 1.89 bits per heavy atom. The first-order valence-corrected chi connectivity index (χ1v) is 8.97. The first-order chi connectivity index (χ1) is 13.1. The van der Waals surface area contributed by atoms with Gasteiger partial charge in [0, 0.05) is 12.6 Å². The monoisotopic (exact) mass is 388 g/mol. The molecule has 2 N–H and O–H groups in total. The van der Waals surface area contributed by atoms with Crippen LogP contribution in [0.1, 0.15) is 43.7 Å². The van der Waals surface area contributed by atoms with Crippen LogP contribution in [-0.2, 0) is 16.1 Å². The van der Waals surface area contributed by atoms with Crippen LogP contribution in [0.15, 0.2) is 23.0 Å². The maximum atomic E-state index is 12.4. The molecule has 1 heterocycles. The van der Waals surface area contributed by atoms with Crippen LogP contribution >= 0.6 is 0 Å². The second-order valence-corrected chi connectivity index (χ2v) is 6.62. The summed E-state index contributed by atoms with van der Waals surface area (Å²) in [6.45, 7) is 8.79. The van der Waals surface area contributed by atoms with Gasteiger partial charge in [-0.15, -0.1) is 0 Å². The number of hydrogen-bond acceptors (Lipinski definition) is 6. The van der Waals surface area contributed by atoms with E-state index in [4.69, 9.17) is 4.74 Å². The van der Waals surface area contributed by atoms with Crippen LogP contribution in [0.3, 0.4) is 0 Å². The van der Waals surface area contributed by atoms with Crippen LogP contribution in [0.25, 0.3) is 11.0 Å². The minimum Gasteiger partial charge on any atom is -0.449 e. The summed E-state index contributed by atoms with van der Waals surface area (Å²) in [7, 11) is 0. The van der Waals surface area contributed by atoms with Crippen molar-refractivity contribution in [1.29, 1.82) is 0 Å². The van der Waals surface area contributed by atoms with Crippen LogP contribution < -0.4 is 16.2 Å². The number of amides is 3. The lowest BCUT2D eigenvalue weighted by atomic mass is 10.2. The van der Waals surface area contributed by atoms with E-state index >= 15 is 0 Å². The molecule has 0 aliphatic heterocycles. The Hall–Kier alpha value is -3.23. The largest absolute Gasteiger partial charge is 0.449 e. The van der Waals surface area contributed by atoms with Crippen molar-refractivity contribution in [3.8, 4) is 0 Å². The van der Waals surface area contributed by atoms with Gasteiger partial charge in [0.15, 0.2) is 6.10 Å². The molecule has 0 saturated heterocycles. The number of imide groups is 1. The van der Waals surface area contributed by atoms with E-state index in [1.54, 1.807) is 31.4 Å². The number of urea groups is 1. The van der Waals surface area contributed by atoms with Crippen LogP contribution in [0.2, 0.25) is 0 Å². The van der Waals surface area contributed by atoms with Gasteiger partial charge >= 0.3 is 12.0 Å². The van der Waals surface area contributed by atoms with Gasteiger partial charge in [-0.1, -0.05) is 0 Å². The van der Waals surface area contributed by atoms with E-state index in [0.717, 1.165) is 0 Å². The quantitative estimate of drug-likeness (QED) is 0.749. The highest BCUT2D eigenvalue weighted by Gasteiger charge is 2.21. The van der Waals surface area contributed by atoms with E-state index in [1.807, 2.05) is 6.92 Å². The molecular weight excluding hydrogens is 364 g/mol. The Morgan fingerprint density at radius 1 is 1.21 bits per heavy atom. The maximum Gasteiger partial charge on any atom is 0.338 e. The van der Waals surface area contributed by atoms with Gasteiger partial charge in [0.1, 0.15) is 5.69 Å². The Morgan fingerprint density at radius 3 is 2.50 bits per heavy atom. The summed E-state index contributed by atoms with van der Waals surface area (Å²) in [4.78, 5) is 52.3. The summed E-state index contributed by atoms with van der Waals surface area (Å²) in [5.74, 6) is -1.47. The predicted octanol–water partition coefficient (Wildman–Crippen LogP) is 1.50. The number of benzene rings is 1. The summed E-state index contributed by atoms with van der Waals surface area (Å²) < 4.78 is 6.70. The van der Waals surface area contributed by atoms with Crippen molar-refractivity contribution in [2.75, 3.05) is 0 Å². The molecule has 0 saturated carbocycles. The summed E-state index contributed by atoms with van der Waals surface area (Å²) in [6.07, 6.45) is -1.17. The molecule has 0 spiro atoms. The predicted molar refractivity (Wildman–Crippen MR) is 103 cm³/mol. The average Bonchev–Trinajstić information content (AvgIpc) is 2.61. The van der Waals surface area contributed by atoms with Crippen LogP contribution in [-0.4, -0.2) is 39.6 Å². The molecule has 1 aromatic heterocycles. The van der Waals surface area contributed by atoms with Gasteiger partial charge in [0.05, 0.1) is 16.6 Å². The number of carbonyl (C=O) groups is 3. The van der Waals surface area contributed by atoms with E-state index in [1.165, 1.54) is 19.1 Å². The second kappa shape index (κ2) is 8.64. The third kappa shape index (κ3) is 4.73. The lowest BCUT2D eigenvalue weighted by Crippen LogP contribution is -2.46. The van der Waals surface area contributed by atoms with E-state index in [0.29, 0.717) is 23.3 Å². The van der Waals surface area contributed by atoms with Gasteiger partial charge in [-0.25, -0.2) is 14.6 Å². The fourth-order valence-corrected chi connectivity index (χ4v) is 2.61. The van der Waals surface area contributed by atoms with Crippen LogP contribution in [0, 0.1) is 6.92 Å². The highest BCUT2D eigenvalue weighted by molar-refractivity contribution is 5.99. The number of aromatic nitrogens is 2. The number of rotatable bonds is 5. The van der Waals surface area contributed by atoms with E-state index in [9.17, 15) is 19.2 Å². The SMILES string of the molecule is CCn1c(=O)c(C)nc2cc(C(=O)O[C@@H](C)C(=O)NC(=O)NC(C)C)ccc21. The molecule has 0 fully saturated rings. The molecule has 2 aromatic rings. The summed E-state index contributed by atoms with van der Waals surface area (Å²) >= 11 is 0. The fourth-order valence-electron chi connectivity index (χ4n) is 2.61. The van der Waals surface area contributed by atoms with E-state index in [2.05, 4.69) is 15.6 Å². The van der Waals surface area contributed by atoms with Crippen molar-refractivity contribution in [3.05, 3.63) is 39.8 Å². The molecule has 1 aromatic carbocycles. The van der Waals surface area contributed by atoms with E-state index in [-0.39, 0.29) is 17.2 Å². The molecule has 3 amide bonds. The zero-order chi connectivity index (χ0) is 21.0. The van der Waals surface area contributed by atoms with Crippen molar-refractivity contribution in [1.82, 2.24) is 20.2 Å². The summed E-state index contributed by atoms with van der Waals surface area (Å²) in [5.41, 5.74) is 1.40. The lowest BCUT2D eigenvalue weighted by Gasteiger charge is -2.15. The number of carbonyl (C=O) groups excluding carboxylic acids is 3. The molecule has 0 radical (unpaired) electrons. The Kier molecular flexibility index (Phi) is 6.50. The lowest BCUT2D eigenvalue weighted by molar-refractivity contribution is -0.127. The smallest absolute Gasteiger partial charge is 0.338 e. The molecule has 9 nitrogen and oxygen atoms in total. The minimum atomic E-state index is -1.17. The number of nitrogens with zero attached hydrogens (tertiary/aromatic N) is 2. The first kappa shape index (κ1) is 21.1. The Bertz CT molecular complexity index is 980. The number of aryl methyl sites for hydroxylation is 2. The molecule has 150 valence electrons. The third-order valence-corrected chi connectivity index (χ3v) is 3.97. The molecule has 9 heteroatoms. The molecule has 0 aliphatic rings. The van der Waals surface area contributed by atoms with Crippen molar-refractivity contribution >= 4 is 28.9 Å². The van der Waals surface area contributed by atoms with E-state index < -0.39 is 24.0 Å². The van der Waals surface area contributed by atoms with Crippen LogP contribution in [0.4, 0.5) is 4.79 Å². The van der Waals surface area contributed by atoms with Crippen molar-refractivity contribution < 1.29 is 19.1 Å².